The molecular formula is C16H21N5OS. The summed E-state index contributed by atoms with van der Waals surface area (Å²) < 4.78 is 0. The summed E-state index contributed by atoms with van der Waals surface area (Å²) in [5.74, 6) is 0.100. The number of aryl methyl sites for hydroxylation is 1. The lowest BCUT2D eigenvalue weighted by Crippen LogP contribution is -2.48. The van der Waals surface area contributed by atoms with E-state index in [0.717, 1.165) is 34.5 Å². The Labute approximate surface area is 140 Å². The second-order valence-electron chi connectivity index (χ2n) is 5.82. The van der Waals surface area contributed by atoms with E-state index in [-0.39, 0.29) is 5.91 Å². The molecule has 1 aromatic carbocycles. The number of piperazine rings is 1. The number of hydrogen-bond acceptors (Lipinski definition) is 6. The van der Waals surface area contributed by atoms with E-state index in [1.807, 2.05) is 55.1 Å². The molecule has 1 aliphatic rings. The second kappa shape index (κ2) is 6.54. The number of aromatic nitrogens is 2. The van der Waals surface area contributed by atoms with Gasteiger partial charge in [0.05, 0.1) is 0 Å². The highest BCUT2D eigenvalue weighted by Crippen LogP contribution is 2.21. The molecule has 1 fully saturated rings. The Kier molecular flexibility index (Phi) is 4.47. The number of carbonyl (C=O) groups is 1. The van der Waals surface area contributed by atoms with Gasteiger partial charge in [-0.05, 0) is 31.2 Å². The maximum Gasteiger partial charge on any atom is 0.253 e. The topological polar surface area (TPSA) is 52.6 Å². The van der Waals surface area contributed by atoms with Crippen molar-refractivity contribution in [3.05, 3.63) is 34.8 Å². The van der Waals surface area contributed by atoms with Crippen molar-refractivity contribution in [1.82, 2.24) is 15.1 Å². The lowest BCUT2D eigenvalue weighted by Gasteiger charge is -2.34. The maximum absolute atomic E-state index is 12.6. The predicted molar refractivity (Wildman–Crippen MR) is 93.5 cm³/mol. The first-order chi connectivity index (χ1) is 11.0. The van der Waals surface area contributed by atoms with Crippen molar-refractivity contribution >= 4 is 28.1 Å². The third kappa shape index (κ3) is 3.44. The van der Waals surface area contributed by atoms with Crippen molar-refractivity contribution in [3.63, 3.8) is 0 Å². The Morgan fingerprint density at radius 1 is 1.09 bits per heavy atom. The molecule has 23 heavy (non-hydrogen) atoms. The van der Waals surface area contributed by atoms with Gasteiger partial charge in [-0.2, -0.15) is 0 Å². The van der Waals surface area contributed by atoms with E-state index in [1.165, 1.54) is 0 Å². The third-order valence-corrected chi connectivity index (χ3v) is 4.88. The largest absolute Gasteiger partial charge is 0.378 e. The number of amides is 1. The van der Waals surface area contributed by atoms with Gasteiger partial charge in [0.1, 0.15) is 5.01 Å². The van der Waals surface area contributed by atoms with Gasteiger partial charge in [-0.15, -0.1) is 10.2 Å². The monoisotopic (exact) mass is 331 g/mol. The van der Waals surface area contributed by atoms with Crippen LogP contribution in [0.3, 0.4) is 0 Å². The van der Waals surface area contributed by atoms with Crippen molar-refractivity contribution < 1.29 is 4.79 Å². The van der Waals surface area contributed by atoms with Gasteiger partial charge in [0.25, 0.3) is 5.91 Å². The number of anilines is 2. The van der Waals surface area contributed by atoms with Gasteiger partial charge in [-0.25, -0.2) is 0 Å². The van der Waals surface area contributed by atoms with Crippen LogP contribution in [0.15, 0.2) is 24.3 Å². The molecule has 1 aliphatic heterocycles. The summed E-state index contributed by atoms with van der Waals surface area (Å²) in [5.41, 5.74) is 1.84. The third-order valence-electron chi connectivity index (χ3n) is 3.98. The molecular weight excluding hydrogens is 310 g/mol. The van der Waals surface area contributed by atoms with Crippen LogP contribution in [0.5, 0.6) is 0 Å². The smallest absolute Gasteiger partial charge is 0.253 e. The number of nitrogens with zero attached hydrogens (tertiary/aromatic N) is 5. The van der Waals surface area contributed by atoms with Crippen LogP contribution in [0, 0.1) is 6.92 Å². The Morgan fingerprint density at radius 2 is 1.74 bits per heavy atom. The van der Waals surface area contributed by atoms with Crippen LogP contribution in [0.1, 0.15) is 15.4 Å². The Morgan fingerprint density at radius 3 is 2.26 bits per heavy atom. The zero-order valence-electron chi connectivity index (χ0n) is 13.7. The minimum Gasteiger partial charge on any atom is -0.378 e. The second-order valence-corrected chi connectivity index (χ2v) is 6.98. The summed E-state index contributed by atoms with van der Waals surface area (Å²) in [6, 6.07) is 7.76. The number of benzene rings is 1. The van der Waals surface area contributed by atoms with Crippen LogP contribution in [-0.2, 0) is 0 Å². The highest BCUT2D eigenvalue weighted by molar-refractivity contribution is 7.15. The van der Waals surface area contributed by atoms with Gasteiger partial charge < -0.3 is 14.7 Å². The summed E-state index contributed by atoms with van der Waals surface area (Å²) in [5, 5.41) is 10.2. The lowest BCUT2D eigenvalue weighted by atomic mass is 10.1. The fraction of sp³-hybridized carbons (Fsp3) is 0.438. The number of hydrogen-bond donors (Lipinski definition) is 0. The molecule has 0 N–H and O–H groups in total. The normalized spacial score (nSPS) is 14.9. The molecule has 0 aliphatic carbocycles. The molecule has 1 aromatic heterocycles. The summed E-state index contributed by atoms with van der Waals surface area (Å²) in [6.45, 7) is 4.99. The molecule has 2 heterocycles. The first kappa shape index (κ1) is 15.7. The molecule has 7 heteroatoms. The Hall–Kier alpha value is -2.15. The van der Waals surface area contributed by atoms with E-state index in [9.17, 15) is 4.79 Å². The zero-order chi connectivity index (χ0) is 16.4. The fourth-order valence-electron chi connectivity index (χ4n) is 2.60. The van der Waals surface area contributed by atoms with Crippen molar-refractivity contribution in [2.45, 2.75) is 6.92 Å². The fourth-order valence-corrected chi connectivity index (χ4v) is 3.34. The highest BCUT2D eigenvalue weighted by atomic mass is 32.1. The molecule has 6 nitrogen and oxygen atoms in total. The predicted octanol–water partition coefficient (Wildman–Crippen LogP) is 1.87. The van der Waals surface area contributed by atoms with E-state index in [1.54, 1.807) is 11.3 Å². The van der Waals surface area contributed by atoms with Gasteiger partial charge in [0, 0.05) is 51.5 Å². The molecule has 0 unspecified atom stereocenters. The van der Waals surface area contributed by atoms with E-state index < -0.39 is 0 Å². The molecule has 2 aromatic rings. The van der Waals surface area contributed by atoms with Crippen LogP contribution in [0.4, 0.5) is 10.8 Å². The van der Waals surface area contributed by atoms with E-state index in [2.05, 4.69) is 15.1 Å². The average Bonchev–Trinajstić information content (AvgIpc) is 3.01. The number of carbonyl (C=O) groups excluding carboxylic acids is 1. The summed E-state index contributed by atoms with van der Waals surface area (Å²) >= 11 is 1.60. The average molecular weight is 331 g/mol. The zero-order valence-corrected chi connectivity index (χ0v) is 14.5. The van der Waals surface area contributed by atoms with Crippen molar-refractivity contribution in [3.8, 4) is 0 Å². The molecule has 0 spiro atoms. The number of rotatable bonds is 3. The van der Waals surface area contributed by atoms with Gasteiger partial charge in [-0.1, -0.05) is 11.3 Å². The molecule has 0 radical (unpaired) electrons. The molecule has 3 rings (SSSR count). The van der Waals surface area contributed by atoms with Crippen LogP contribution in [0.2, 0.25) is 0 Å². The van der Waals surface area contributed by atoms with Crippen LogP contribution < -0.4 is 9.80 Å². The lowest BCUT2D eigenvalue weighted by molar-refractivity contribution is 0.0747. The summed E-state index contributed by atoms with van der Waals surface area (Å²) in [4.78, 5) is 18.7. The molecule has 122 valence electrons. The first-order valence-electron chi connectivity index (χ1n) is 7.66. The molecule has 1 saturated heterocycles. The Bertz CT molecular complexity index is 674. The first-order valence-corrected chi connectivity index (χ1v) is 8.48. The van der Waals surface area contributed by atoms with Gasteiger partial charge in [0.2, 0.25) is 5.13 Å². The van der Waals surface area contributed by atoms with Crippen LogP contribution >= 0.6 is 11.3 Å². The molecule has 1 amide bonds. The highest BCUT2D eigenvalue weighted by Gasteiger charge is 2.23. The quantitative estimate of drug-likeness (QED) is 0.859. The summed E-state index contributed by atoms with van der Waals surface area (Å²) in [7, 11) is 3.98. The van der Waals surface area contributed by atoms with E-state index >= 15 is 0 Å². The molecule has 0 atom stereocenters. The van der Waals surface area contributed by atoms with Crippen LogP contribution in [0.25, 0.3) is 0 Å². The van der Waals surface area contributed by atoms with E-state index in [0.29, 0.717) is 13.1 Å². The van der Waals surface area contributed by atoms with E-state index in [4.69, 9.17) is 0 Å². The minimum absolute atomic E-state index is 0.100. The van der Waals surface area contributed by atoms with Gasteiger partial charge in [-0.3, -0.25) is 4.79 Å². The maximum atomic E-state index is 12.6. The van der Waals surface area contributed by atoms with Gasteiger partial charge in [0.15, 0.2) is 0 Å². The van der Waals surface area contributed by atoms with Gasteiger partial charge >= 0.3 is 0 Å². The minimum atomic E-state index is 0.100. The van der Waals surface area contributed by atoms with Crippen molar-refractivity contribution in [1.29, 1.82) is 0 Å². The van der Waals surface area contributed by atoms with Crippen molar-refractivity contribution in [2.24, 2.45) is 0 Å². The SMILES string of the molecule is Cc1nnc(N2CCN(C(=O)c3ccc(N(C)C)cc3)CC2)s1. The molecule has 0 saturated carbocycles. The Balaban J connectivity index is 1.61. The van der Waals surface area contributed by atoms with Crippen molar-refractivity contribution in [2.75, 3.05) is 50.1 Å². The molecule has 0 bridgehead atoms. The summed E-state index contributed by atoms with van der Waals surface area (Å²) in [6.07, 6.45) is 0. The standard InChI is InChI=1S/C16H21N5OS/c1-12-17-18-16(23-12)21-10-8-20(9-11-21)15(22)13-4-6-14(7-5-13)19(2)3/h4-7H,8-11H2,1-3H3. The van der Waals surface area contributed by atoms with Crippen LogP contribution in [-0.4, -0.2) is 61.3 Å².